The molecule has 1 aliphatic rings. The largest absolute Gasteiger partial charge is 0.383 e. The van der Waals surface area contributed by atoms with Crippen LogP contribution in [0.2, 0.25) is 0 Å². The van der Waals surface area contributed by atoms with E-state index in [-0.39, 0.29) is 0 Å². The molecule has 1 fully saturated rings. The van der Waals surface area contributed by atoms with Gasteiger partial charge in [0.05, 0.1) is 0 Å². The summed E-state index contributed by atoms with van der Waals surface area (Å²) < 4.78 is 2.05. The third kappa shape index (κ3) is 2.45. The number of nitrogens with two attached hydrogens (primary N) is 1. The summed E-state index contributed by atoms with van der Waals surface area (Å²) in [5.41, 5.74) is 9.65. The molecule has 1 saturated carbocycles. The maximum atomic E-state index is 6.22. The predicted octanol–water partition coefficient (Wildman–Crippen LogP) is 3.75. The molecule has 1 heterocycles. The molecular formula is C17H23N3. The second-order valence-corrected chi connectivity index (χ2v) is 6.33. The second-order valence-electron chi connectivity index (χ2n) is 6.33. The van der Waals surface area contributed by atoms with E-state index in [4.69, 9.17) is 10.7 Å². The van der Waals surface area contributed by atoms with E-state index in [0.29, 0.717) is 11.8 Å². The van der Waals surface area contributed by atoms with Gasteiger partial charge >= 0.3 is 0 Å². The van der Waals surface area contributed by atoms with Crippen LogP contribution >= 0.6 is 0 Å². The van der Waals surface area contributed by atoms with Gasteiger partial charge in [0, 0.05) is 18.5 Å². The van der Waals surface area contributed by atoms with Crippen LogP contribution in [0, 0.1) is 5.92 Å². The van der Waals surface area contributed by atoms with Crippen molar-refractivity contribution >= 4 is 5.82 Å². The van der Waals surface area contributed by atoms with Gasteiger partial charge in [-0.25, -0.2) is 4.98 Å². The highest BCUT2D eigenvalue weighted by Gasteiger charge is 2.29. The number of nitrogen functional groups attached to an aromatic ring is 1. The van der Waals surface area contributed by atoms with Crippen molar-refractivity contribution in [3.8, 4) is 11.3 Å². The van der Waals surface area contributed by atoms with E-state index in [9.17, 15) is 0 Å². The molecule has 0 spiro atoms. The Labute approximate surface area is 120 Å². The molecule has 0 bridgehead atoms. The molecule has 3 heteroatoms. The van der Waals surface area contributed by atoms with Crippen molar-refractivity contribution in [3.05, 3.63) is 35.7 Å². The minimum atomic E-state index is 0.622. The van der Waals surface area contributed by atoms with Crippen molar-refractivity contribution in [1.82, 2.24) is 9.55 Å². The molecule has 0 atom stereocenters. The Morgan fingerprint density at radius 1 is 1.25 bits per heavy atom. The maximum absolute atomic E-state index is 6.22. The van der Waals surface area contributed by atoms with E-state index in [0.717, 1.165) is 29.3 Å². The number of nitrogens with zero attached hydrogens (tertiary/aromatic N) is 2. The first kappa shape index (κ1) is 13.2. The van der Waals surface area contributed by atoms with Crippen LogP contribution in [0.15, 0.2) is 24.3 Å². The zero-order chi connectivity index (χ0) is 14.3. The first-order chi connectivity index (χ1) is 9.56. The number of hydrogen-bond acceptors (Lipinski definition) is 2. The third-order valence-corrected chi connectivity index (χ3v) is 3.99. The van der Waals surface area contributed by atoms with Crippen LogP contribution in [0.3, 0.4) is 0 Å². The Balaban J connectivity index is 1.90. The normalized spacial score (nSPS) is 15.0. The van der Waals surface area contributed by atoms with Gasteiger partial charge < -0.3 is 10.3 Å². The van der Waals surface area contributed by atoms with Crippen molar-refractivity contribution in [2.24, 2.45) is 13.0 Å². The summed E-state index contributed by atoms with van der Waals surface area (Å²) in [5.74, 6) is 3.23. The summed E-state index contributed by atoms with van der Waals surface area (Å²) in [7, 11) is 2.02. The second kappa shape index (κ2) is 4.97. The smallest absolute Gasteiger partial charge is 0.131 e. The number of anilines is 1. The van der Waals surface area contributed by atoms with Crippen LogP contribution in [-0.4, -0.2) is 9.55 Å². The van der Waals surface area contributed by atoms with Gasteiger partial charge in [-0.15, -0.1) is 0 Å². The van der Waals surface area contributed by atoms with Crippen molar-refractivity contribution < 1.29 is 0 Å². The molecule has 0 amide bonds. The Hall–Kier alpha value is -1.77. The molecule has 0 unspecified atom stereocenters. The SMILES string of the molecule is CC(C)Cc1ccc(-c2nc(C3CC3)n(C)c2N)cc1. The number of imidazole rings is 1. The van der Waals surface area contributed by atoms with Gasteiger partial charge in [0.1, 0.15) is 17.3 Å². The molecule has 2 aromatic rings. The Morgan fingerprint density at radius 2 is 1.90 bits per heavy atom. The van der Waals surface area contributed by atoms with Gasteiger partial charge in [-0.05, 0) is 30.7 Å². The van der Waals surface area contributed by atoms with Crippen LogP contribution in [0.1, 0.15) is 44.0 Å². The summed E-state index contributed by atoms with van der Waals surface area (Å²) in [6.07, 6.45) is 3.61. The average molecular weight is 269 g/mol. The lowest BCUT2D eigenvalue weighted by Crippen LogP contribution is -2.00. The number of benzene rings is 1. The molecular weight excluding hydrogens is 246 g/mol. The molecule has 1 aliphatic carbocycles. The Bertz CT molecular complexity index is 604. The fourth-order valence-electron chi connectivity index (χ4n) is 2.72. The topological polar surface area (TPSA) is 43.8 Å². The van der Waals surface area contributed by atoms with E-state index in [1.54, 1.807) is 0 Å². The highest BCUT2D eigenvalue weighted by atomic mass is 15.1. The van der Waals surface area contributed by atoms with Gasteiger partial charge in [-0.2, -0.15) is 0 Å². The molecule has 0 radical (unpaired) electrons. The van der Waals surface area contributed by atoms with Crippen LogP contribution in [-0.2, 0) is 13.5 Å². The summed E-state index contributed by atoms with van der Waals surface area (Å²) in [5, 5.41) is 0. The quantitative estimate of drug-likeness (QED) is 0.918. The molecule has 1 aromatic carbocycles. The van der Waals surface area contributed by atoms with Crippen LogP contribution in [0.4, 0.5) is 5.82 Å². The van der Waals surface area contributed by atoms with Gasteiger partial charge in [-0.1, -0.05) is 38.1 Å². The molecule has 0 aliphatic heterocycles. The first-order valence-corrected chi connectivity index (χ1v) is 7.47. The zero-order valence-corrected chi connectivity index (χ0v) is 12.6. The van der Waals surface area contributed by atoms with Crippen molar-refractivity contribution in [2.75, 3.05) is 5.73 Å². The molecule has 106 valence electrons. The lowest BCUT2D eigenvalue weighted by molar-refractivity contribution is 0.647. The standard InChI is InChI=1S/C17H23N3/c1-11(2)10-12-4-6-13(7-5-12)15-16(18)20(3)17(19-15)14-8-9-14/h4-7,11,14H,8-10,18H2,1-3H3. The summed E-state index contributed by atoms with van der Waals surface area (Å²) in [6.45, 7) is 4.49. The first-order valence-electron chi connectivity index (χ1n) is 7.47. The fourth-order valence-corrected chi connectivity index (χ4v) is 2.72. The van der Waals surface area contributed by atoms with Crippen molar-refractivity contribution in [3.63, 3.8) is 0 Å². The predicted molar refractivity (Wildman–Crippen MR) is 83.6 cm³/mol. The molecule has 0 saturated heterocycles. The molecule has 2 N–H and O–H groups in total. The summed E-state index contributed by atoms with van der Waals surface area (Å²) in [6, 6.07) is 8.68. The van der Waals surface area contributed by atoms with Gasteiger partial charge in [0.2, 0.25) is 0 Å². The van der Waals surface area contributed by atoms with E-state index in [1.807, 2.05) is 7.05 Å². The van der Waals surface area contributed by atoms with Crippen LogP contribution < -0.4 is 5.73 Å². The monoisotopic (exact) mass is 269 g/mol. The van der Waals surface area contributed by atoms with Crippen LogP contribution in [0.25, 0.3) is 11.3 Å². The minimum Gasteiger partial charge on any atom is -0.383 e. The Kier molecular flexibility index (Phi) is 3.28. The minimum absolute atomic E-state index is 0.622. The van der Waals surface area contributed by atoms with E-state index < -0.39 is 0 Å². The molecule has 3 rings (SSSR count). The van der Waals surface area contributed by atoms with E-state index in [1.165, 1.54) is 18.4 Å². The van der Waals surface area contributed by atoms with Crippen molar-refractivity contribution in [2.45, 2.75) is 39.0 Å². The van der Waals surface area contributed by atoms with Gasteiger partial charge in [0.25, 0.3) is 0 Å². The number of aromatic nitrogens is 2. The molecule has 3 nitrogen and oxygen atoms in total. The van der Waals surface area contributed by atoms with Crippen molar-refractivity contribution in [1.29, 1.82) is 0 Å². The fraction of sp³-hybridized carbons (Fsp3) is 0.471. The summed E-state index contributed by atoms with van der Waals surface area (Å²) >= 11 is 0. The van der Waals surface area contributed by atoms with E-state index >= 15 is 0 Å². The van der Waals surface area contributed by atoms with Gasteiger partial charge in [0.15, 0.2) is 0 Å². The van der Waals surface area contributed by atoms with E-state index in [2.05, 4.69) is 42.7 Å². The zero-order valence-electron chi connectivity index (χ0n) is 12.6. The molecule has 1 aromatic heterocycles. The highest BCUT2D eigenvalue weighted by Crippen LogP contribution is 2.41. The number of hydrogen-bond donors (Lipinski definition) is 1. The number of rotatable bonds is 4. The average Bonchev–Trinajstić information content (AvgIpc) is 3.20. The maximum Gasteiger partial charge on any atom is 0.131 e. The Morgan fingerprint density at radius 3 is 2.45 bits per heavy atom. The highest BCUT2D eigenvalue weighted by molar-refractivity contribution is 5.71. The van der Waals surface area contributed by atoms with Crippen LogP contribution in [0.5, 0.6) is 0 Å². The van der Waals surface area contributed by atoms with Gasteiger partial charge in [-0.3, -0.25) is 0 Å². The summed E-state index contributed by atoms with van der Waals surface area (Å²) in [4.78, 5) is 4.77. The third-order valence-electron chi connectivity index (χ3n) is 3.99. The lowest BCUT2D eigenvalue weighted by atomic mass is 10.0. The molecule has 20 heavy (non-hydrogen) atoms. The lowest BCUT2D eigenvalue weighted by Gasteiger charge is -2.06.